The van der Waals surface area contributed by atoms with Crippen LogP contribution < -0.4 is 5.73 Å². The standard InChI is InChI=1S/C14H12FN5/c15-11-5-3-9(4-6-11)12(16)14-18-13(19-20-14)10-2-1-7-17-8-10/h1-8,12H,16H2,(H,18,19,20). The van der Waals surface area contributed by atoms with Gasteiger partial charge in [-0.05, 0) is 29.8 Å². The maximum atomic E-state index is 12.9. The highest BCUT2D eigenvalue weighted by molar-refractivity contribution is 5.52. The molecule has 3 aromatic rings. The SMILES string of the molecule is NC(c1ccc(F)cc1)c1nc(-c2cccnc2)n[nH]1. The van der Waals surface area contributed by atoms with Crippen molar-refractivity contribution in [2.75, 3.05) is 0 Å². The Morgan fingerprint density at radius 1 is 1.15 bits per heavy atom. The van der Waals surface area contributed by atoms with Crippen molar-refractivity contribution in [2.45, 2.75) is 6.04 Å². The molecule has 3 rings (SSSR count). The molecule has 3 N–H and O–H groups in total. The Morgan fingerprint density at radius 3 is 2.65 bits per heavy atom. The molecular weight excluding hydrogens is 257 g/mol. The van der Waals surface area contributed by atoms with E-state index in [0.29, 0.717) is 11.6 Å². The lowest BCUT2D eigenvalue weighted by Crippen LogP contribution is -2.13. The van der Waals surface area contributed by atoms with E-state index in [1.54, 1.807) is 24.5 Å². The second-order valence-electron chi connectivity index (χ2n) is 4.32. The fourth-order valence-corrected chi connectivity index (χ4v) is 1.87. The molecule has 1 aromatic carbocycles. The van der Waals surface area contributed by atoms with Crippen LogP contribution in [-0.2, 0) is 0 Å². The zero-order valence-electron chi connectivity index (χ0n) is 10.5. The van der Waals surface area contributed by atoms with Crippen molar-refractivity contribution in [3.63, 3.8) is 0 Å². The second-order valence-corrected chi connectivity index (χ2v) is 4.32. The van der Waals surface area contributed by atoms with Gasteiger partial charge in [-0.15, -0.1) is 0 Å². The lowest BCUT2D eigenvalue weighted by molar-refractivity contribution is 0.626. The number of hydrogen-bond acceptors (Lipinski definition) is 4. The third-order valence-corrected chi connectivity index (χ3v) is 2.95. The molecule has 0 bridgehead atoms. The summed E-state index contributed by atoms with van der Waals surface area (Å²) in [7, 11) is 0. The minimum absolute atomic E-state index is 0.297. The highest BCUT2D eigenvalue weighted by atomic mass is 19.1. The van der Waals surface area contributed by atoms with Crippen LogP contribution in [0.25, 0.3) is 11.4 Å². The molecule has 6 heteroatoms. The van der Waals surface area contributed by atoms with E-state index in [1.807, 2.05) is 12.1 Å². The number of hydrogen-bond donors (Lipinski definition) is 2. The number of pyridine rings is 1. The van der Waals surface area contributed by atoms with Crippen molar-refractivity contribution in [1.82, 2.24) is 20.2 Å². The van der Waals surface area contributed by atoms with Gasteiger partial charge in [0.25, 0.3) is 0 Å². The lowest BCUT2D eigenvalue weighted by Gasteiger charge is -2.07. The van der Waals surface area contributed by atoms with E-state index >= 15 is 0 Å². The minimum atomic E-state index is -0.478. The first kappa shape index (κ1) is 12.4. The summed E-state index contributed by atoms with van der Waals surface area (Å²) < 4.78 is 12.9. The smallest absolute Gasteiger partial charge is 0.182 e. The summed E-state index contributed by atoms with van der Waals surface area (Å²) in [6.45, 7) is 0. The number of nitrogens with two attached hydrogens (primary N) is 1. The molecule has 0 amide bonds. The largest absolute Gasteiger partial charge is 0.318 e. The molecule has 0 saturated carbocycles. The maximum Gasteiger partial charge on any atom is 0.182 e. The van der Waals surface area contributed by atoms with Crippen molar-refractivity contribution < 1.29 is 4.39 Å². The third-order valence-electron chi connectivity index (χ3n) is 2.95. The molecule has 0 aliphatic carbocycles. The van der Waals surface area contributed by atoms with Crippen LogP contribution in [0.5, 0.6) is 0 Å². The van der Waals surface area contributed by atoms with Gasteiger partial charge in [0.2, 0.25) is 0 Å². The summed E-state index contributed by atoms with van der Waals surface area (Å²) in [6, 6.07) is 9.20. The van der Waals surface area contributed by atoms with E-state index in [0.717, 1.165) is 11.1 Å². The Bertz CT molecular complexity index is 693. The van der Waals surface area contributed by atoms with Gasteiger partial charge in [-0.25, -0.2) is 9.37 Å². The van der Waals surface area contributed by atoms with Gasteiger partial charge in [0, 0.05) is 18.0 Å². The zero-order chi connectivity index (χ0) is 13.9. The van der Waals surface area contributed by atoms with Gasteiger partial charge in [-0.3, -0.25) is 10.1 Å². The van der Waals surface area contributed by atoms with Crippen LogP contribution in [0.2, 0.25) is 0 Å². The van der Waals surface area contributed by atoms with Crippen LogP contribution in [0, 0.1) is 5.82 Å². The molecule has 0 spiro atoms. The van der Waals surface area contributed by atoms with Crippen LogP contribution in [0.15, 0.2) is 48.8 Å². The Kier molecular flexibility index (Phi) is 3.22. The monoisotopic (exact) mass is 269 g/mol. The molecule has 1 unspecified atom stereocenters. The van der Waals surface area contributed by atoms with E-state index in [4.69, 9.17) is 5.73 Å². The molecule has 2 aromatic heterocycles. The van der Waals surface area contributed by atoms with Crippen molar-refractivity contribution in [3.05, 3.63) is 66.0 Å². The molecule has 0 radical (unpaired) electrons. The van der Waals surface area contributed by atoms with E-state index in [-0.39, 0.29) is 5.82 Å². The maximum absolute atomic E-state index is 12.9. The first-order valence-electron chi connectivity index (χ1n) is 6.08. The molecule has 100 valence electrons. The number of benzene rings is 1. The predicted octanol–water partition coefficient (Wildman–Crippen LogP) is 2.05. The summed E-state index contributed by atoms with van der Waals surface area (Å²) >= 11 is 0. The van der Waals surface area contributed by atoms with Gasteiger partial charge in [0.05, 0.1) is 6.04 Å². The summed E-state index contributed by atoms with van der Waals surface area (Å²) in [5.41, 5.74) is 7.66. The fourth-order valence-electron chi connectivity index (χ4n) is 1.87. The molecule has 20 heavy (non-hydrogen) atoms. The number of H-pyrrole nitrogens is 1. The van der Waals surface area contributed by atoms with Gasteiger partial charge < -0.3 is 5.73 Å². The average molecular weight is 269 g/mol. The van der Waals surface area contributed by atoms with E-state index in [1.165, 1.54) is 12.1 Å². The van der Waals surface area contributed by atoms with Crippen molar-refractivity contribution >= 4 is 0 Å². The highest BCUT2D eigenvalue weighted by Crippen LogP contribution is 2.19. The molecule has 0 saturated heterocycles. The number of rotatable bonds is 3. The Balaban J connectivity index is 1.88. The first-order chi connectivity index (χ1) is 9.74. The number of nitrogens with zero attached hydrogens (tertiary/aromatic N) is 3. The van der Waals surface area contributed by atoms with E-state index in [9.17, 15) is 4.39 Å². The van der Waals surface area contributed by atoms with Gasteiger partial charge >= 0.3 is 0 Å². The van der Waals surface area contributed by atoms with Gasteiger partial charge in [0.1, 0.15) is 11.6 Å². The second kappa shape index (κ2) is 5.18. The van der Waals surface area contributed by atoms with Crippen molar-refractivity contribution in [3.8, 4) is 11.4 Å². The summed E-state index contributed by atoms with van der Waals surface area (Å²) in [4.78, 5) is 8.37. The predicted molar refractivity (Wildman–Crippen MR) is 72.0 cm³/mol. The average Bonchev–Trinajstić information content (AvgIpc) is 2.98. The van der Waals surface area contributed by atoms with Gasteiger partial charge in [-0.2, -0.15) is 5.10 Å². The Morgan fingerprint density at radius 2 is 1.95 bits per heavy atom. The molecule has 1 atom stereocenters. The van der Waals surface area contributed by atoms with E-state index in [2.05, 4.69) is 20.2 Å². The third kappa shape index (κ3) is 2.41. The molecule has 5 nitrogen and oxygen atoms in total. The number of halogens is 1. The van der Waals surface area contributed by atoms with Gasteiger partial charge in [-0.1, -0.05) is 12.1 Å². The van der Waals surface area contributed by atoms with Crippen molar-refractivity contribution in [2.24, 2.45) is 5.73 Å². The molecule has 0 fully saturated rings. The quantitative estimate of drug-likeness (QED) is 0.762. The van der Waals surface area contributed by atoms with Crippen molar-refractivity contribution in [1.29, 1.82) is 0 Å². The Labute approximate surface area is 114 Å². The summed E-state index contributed by atoms with van der Waals surface area (Å²) in [5.74, 6) is 0.760. The molecule has 2 heterocycles. The summed E-state index contributed by atoms with van der Waals surface area (Å²) in [5, 5.41) is 6.93. The van der Waals surface area contributed by atoms with Crippen LogP contribution in [0.3, 0.4) is 0 Å². The van der Waals surface area contributed by atoms with Crippen LogP contribution in [0.4, 0.5) is 4.39 Å². The van der Waals surface area contributed by atoms with Crippen LogP contribution in [-0.4, -0.2) is 20.2 Å². The van der Waals surface area contributed by atoms with Crippen LogP contribution in [0.1, 0.15) is 17.4 Å². The lowest BCUT2D eigenvalue weighted by atomic mass is 10.1. The van der Waals surface area contributed by atoms with Crippen LogP contribution >= 0.6 is 0 Å². The number of aromatic nitrogens is 4. The highest BCUT2D eigenvalue weighted by Gasteiger charge is 2.14. The summed E-state index contributed by atoms with van der Waals surface area (Å²) in [6.07, 6.45) is 3.36. The topological polar surface area (TPSA) is 80.5 Å². The first-order valence-corrected chi connectivity index (χ1v) is 6.08. The normalized spacial score (nSPS) is 12.3. The van der Waals surface area contributed by atoms with E-state index < -0.39 is 6.04 Å². The number of aromatic amines is 1. The molecule has 0 aliphatic heterocycles. The molecule has 0 aliphatic rings. The molecular formula is C14H12FN5. The van der Waals surface area contributed by atoms with Gasteiger partial charge in [0.15, 0.2) is 5.82 Å². The fraction of sp³-hybridized carbons (Fsp3) is 0.0714. The zero-order valence-corrected chi connectivity index (χ0v) is 10.5. The number of nitrogens with one attached hydrogen (secondary N) is 1. The minimum Gasteiger partial charge on any atom is -0.318 e. The Hall–Kier alpha value is -2.60.